The molecule has 0 aliphatic rings. The Hall–Kier alpha value is -4.66. The summed E-state index contributed by atoms with van der Waals surface area (Å²) in [6, 6.07) is 28.4. The lowest BCUT2D eigenvalue weighted by molar-refractivity contribution is 0.0955. The van der Waals surface area contributed by atoms with Gasteiger partial charge >= 0.3 is 0 Å². The van der Waals surface area contributed by atoms with Crippen molar-refractivity contribution < 1.29 is 14.3 Å². The number of anilines is 2. The van der Waals surface area contributed by atoms with E-state index >= 15 is 0 Å². The maximum absolute atomic E-state index is 12.7. The van der Waals surface area contributed by atoms with Gasteiger partial charge in [-0.3, -0.25) is 4.79 Å². The van der Waals surface area contributed by atoms with Crippen LogP contribution >= 0.6 is 22.9 Å². The highest BCUT2D eigenvalue weighted by atomic mass is 35.5. The van der Waals surface area contributed by atoms with Crippen LogP contribution in [0, 0.1) is 6.92 Å². The highest BCUT2D eigenvalue weighted by molar-refractivity contribution is 7.14. The van der Waals surface area contributed by atoms with E-state index in [4.69, 9.17) is 21.1 Å². The quantitative estimate of drug-likeness (QED) is 0.118. The molecule has 9 heteroatoms. The molecule has 212 valence electrons. The first-order valence-corrected chi connectivity index (χ1v) is 14.6. The summed E-state index contributed by atoms with van der Waals surface area (Å²) in [6.45, 7) is 4.75. The number of aryl methyl sites for hydroxylation is 1. The molecule has 0 atom stereocenters. The van der Waals surface area contributed by atoms with Crippen LogP contribution in [0.4, 0.5) is 10.8 Å². The Bertz CT molecular complexity index is 1680. The summed E-state index contributed by atoms with van der Waals surface area (Å²) in [4.78, 5) is 17.4. The Morgan fingerprint density at radius 1 is 0.976 bits per heavy atom. The minimum absolute atomic E-state index is 0.315. The number of benzene rings is 4. The summed E-state index contributed by atoms with van der Waals surface area (Å²) >= 11 is 7.77. The van der Waals surface area contributed by atoms with Crippen molar-refractivity contribution in [2.45, 2.75) is 20.5 Å². The Morgan fingerprint density at radius 2 is 1.76 bits per heavy atom. The number of amides is 1. The van der Waals surface area contributed by atoms with Crippen molar-refractivity contribution in [2.75, 3.05) is 11.9 Å². The van der Waals surface area contributed by atoms with Crippen LogP contribution in [0.1, 0.15) is 34.0 Å². The number of carbonyl (C=O) groups excluding carboxylic acids is 1. The summed E-state index contributed by atoms with van der Waals surface area (Å²) in [7, 11) is 0. The predicted octanol–water partition coefficient (Wildman–Crippen LogP) is 8.26. The largest absolute Gasteiger partial charge is 0.490 e. The molecule has 0 fully saturated rings. The fourth-order valence-electron chi connectivity index (χ4n) is 4.01. The van der Waals surface area contributed by atoms with Crippen molar-refractivity contribution in [2.24, 2.45) is 5.10 Å². The molecule has 5 aromatic rings. The first kappa shape index (κ1) is 28.9. The molecule has 0 bridgehead atoms. The van der Waals surface area contributed by atoms with Gasteiger partial charge in [0.1, 0.15) is 6.61 Å². The van der Waals surface area contributed by atoms with Gasteiger partial charge in [-0.05, 0) is 67.9 Å². The standard InChI is InChI=1S/C33H29ClN4O3S/c1-3-40-31-18-23(10-17-30(31)41-20-26-6-4-5-7-28(26)34)19-35-38-32(39)25-13-11-24(12-14-25)29-21-42-33(37-29)36-27-15-8-22(2)9-16-27/h4-19,21H,3,20H2,1-2H3,(H,36,37)(H,38,39)/b35-19-. The normalized spacial score (nSPS) is 10.9. The second-order valence-corrected chi connectivity index (χ2v) is 10.6. The molecule has 1 aromatic heterocycles. The number of hydrogen-bond donors (Lipinski definition) is 2. The third-order valence-electron chi connectivity index (χ3n) is 6.24. The number of halogens is 1. The molecule has 5 rings (SSSR count). The first-order chi connectivity index (χ1) is 20.5. The molecule has 1 heterocycles. The van der Waals surface area contributed by atoms with Crippen molar-refractivity contribution in [3.63, 3.8) is 0 Å². The number of thiazole rings is 1. The summed E-state index contributed by atoms with van der Waals surface area (Å²) in [5.41, 5.74) is 8.65. The van der Waals surface area contributed by atoms with E-state index in [-0.39, 0.29) is 5.91 Å². The molecule has 2 N–H and O–H groups in total. The fraction of sp³-hybridized carbons (Fsp3) is 0.121. The molecule has 0 spiro atoms. The van der Waals surface area contributed by atoms with Gasteiger partial charge in [-0.1, -0.05) is 59.6 Å². The van der Waals surface area contributed by atoms with Crippen LogP contribution in [0.5, 0.6) is 11.5 Å². The van der Waals surface area contributed by atoms with E-state index in [9.17, 15) is 4.79 Å². The smallest absolute Gasteiger partial charge is 0.271 e. The minimum atomic E-state index is -0.317. The predicted molar refractivity (Wildman–Crippen MR) is 170 cm³/mol. The second-order valence-electron chi connectivity index (χ2n) is 9.32. The highest BCUT2D eigenvalue weighted by Crippen LogP contribution is 2.30. The van der Waals surface area contributed by atoms with E-state index in [0.717, 1.165) is 33.2 Å². The number of aromatic nitrogens is 1. The maximum Gasteiger partial charge on any atom is 0.271 e. The number of hydrazone groups is 1. The van der Waals surface area contributed by atoms with E-state index in [0.29, 0.717) is 35.3 Å². The summed E-state index contributed by atoms with van der Waals surface area (Å²) in [5.74, 6) is 0.855. The average molecular weight is 597 g/mol. The molecule has 0 radical (unpaired) electrons. The number of ether oxygens (including phenoxy) is 2. The third kappa shape index (κ3) is 7.54. The third-order valence-corrected chi connectivity index (χ3v) is 7.36. The van der Waals surface area contributed by atoms with Crippen LogP contribution in [0.3, 0.4) is 0 Å². The van der Waals surface area contributed by atoms with Gasteiger partial charge in [0, 0.05) is 32.8 Å². The first-order valence-electron chi connectivity index (χ1n) is 13.3. The molecule has 0 saturated heterocycles. The van der Waals surface area contributed by atoms with Crippen molar-refractivity contribution >= 4 is 45.9 Å². The van der Waals surface area contributed by atoms with Crippen LogP contribution in [-0.2, 0) is 6.61 Å². The number of carbonyl (C=O) groups is 1. The van der Waals surface area contributed by atoms with Gasteiger partial charge in [-0.25, -0.2) is 10.4 Å². The Balaban J connectivity index is 1.17. The van der Waals surface area contributed by atoms with E-state index < -0.39 is 0 Å². The number of rotatable bonds is 11. The lowest BCUT2D eigenvalue weighted by Gasteiger charge is -2.13. The zero-order valence-electron chi connectivity index (χ0n) is 23.1. The van der Waals surface area contributed by atoms with Crippen LogP contribution in [0.2, 0.25) is 5.02 Å². The van der Waals surface area contributed by atoms with E-state index in [2.05, 4.69) is 39.9 Å². The van der Waals surface area contributed by atoms with Gasteiger partial charge in [0.2, 0.25) is 0 Å². The molecule has 0 aliphatic heterocycles. The molecule has 1 amide bonds. The zero-order chi connectivity index (χ0) is 29.3. The van der Waals surface area contributed by atoms with Crippen LogP contribution in [-0.4, -0.2) is 23.7 Å². The van der Waals surface area contributed by atoms with Gasteiger partial charge in [-0.15, -0.1) is 11.3 Å². The molecule has 7 nitrogen and oxygen atoms in total. The minimum Gasteiger partial charge on any atom is -0.490 e. The average Bonchev–Trinajstić information content (AvgIpc) is 3.47. The van der Waals surface area contributed by atoms with Crippen molar-refractivity contribution in [3.8, 4) is 22.8 Å². The lowest BCUT2D eigenvalue weighted by Crippen LogP contribution is -2.17. The van der Waals surface area contributed by atoms with Gasteiger partial charge in [0.05, 0.1) is 18.5 Å². The second kappa shape index (κ2) is 13.8. The molecule has 0 saturated carbocycles. The Kier molecular flexibility index (Phi) is 9.48. The van der Waals surface area contributed by atoms with Crippen LogP contribution in [0.25, 0.3) is 11.3 Å². The summed E-state index contributed by atoms with van der Waals surface area (Å²) < 4.78 is 11.7. The monoisotopic (exact) mass is 596 g/mol. The van der Waals surface area contributed by atoms with Gasteiger partial charge < -0.3 is 14.8 Å². The molecule has 4 aromatic carbocycles. The van der Waals surface area contributed by atoms with Crippen molar-refractivity contribution in [1.29, 1.82) is 0 Å². The summed E-state index contributed by atoms with van der Waals surface area (Å²) in [5, 5.41) is 10.9. The fourth-order valence-corrected chi connectivity index (χ4v) is 4.94. The topological polar surface area (TPSA) is 84.8 Å². The molecular formula is C33H29ClN4O3S. The van der Waals surface area contributed by atoms with Crippen LogP contribution < -0.4 is 20.2 Å². The van der Waals surface area contributed by atoms with Gasteiger partial charge in [0.25, 0.3) is 5.91 Å². The molecule has 42 heavy (non-hydrogen) atoms. The van der Waals surface area contributed by atoms with E-state index in [1.165, 1.54) is 16.9 Å². The lowest BCUT2D eigenvalue weighted by atomic mass is 10.1. The Morgan fingerprint density at radius 3 is 2.52 bits per heavy atom. The molecule has 0 unspecified atom stereocenters. The molecule has 0 aliphatic carbocycles. The van der Waals surface area contributed by atoms with E-state index in [1.54, 1.807) is 18.3 Å². The number of hydrogen-bond acceptors (Lipinski definition) is 7. The van der Waals surface area contributed by atoms with Gasteiger partial charge in [-0.2, -0.15) is 5.10 Å². The summed E-state index contributed by atoms with van der Waals surface area (Å²) in [6.07, 6.45) is 1.56. The SMILES string of the molecule is CCOc1cc(/C=N\NC(=O)c2ccc(-c3csc(Nc4ccc(C)cc4)n3)cc2)ccc1OCc1ccccc1Cl. The van der Waals surface area contributed by atoms with Crippen molar-refractivity contribution in [3.05, 3.63) is 124 Å². The number of nitrogens with zero attached hydrogens (tertiary/aromatic N) is 2. The maximum atomic E-state index is 12.7. The van der Waals surface area contributed by atoms with Crippen molar-refractivity contribution in [1.82, 2.24) is 10.4 Å². The molecular weight excluding hydrogens is 568 g/mol. The zero-order valence-corrected chi connectivity index (χ0v) is 24.7. The van der Waals surface area contributed by atoms with Gasteiger partial charge in [0.15, 0.2) is 16.6 Å². The highest BCUT2D eigenvalue weighted by Gasteiger charge is 2.10. The van der Waals surface area contributed by atoms with E-state index in [1.807, 2.05) is 79.0 Å². The Labute approximate surface area is 253 Å². The number of nitrogens with one attached hydrogen (secondary N) is 2. The van der Waals surface area contributed by atoms with Crippen LogP contribution in [0.15, 0.2) is 101 Å².